The fraction of sp³-hybridized carbons (Fsp3) is 0.188. The number of nitrogens with zero attached hydrogens (tertiary/aromatic N) is 1. The van der Waals surface area contributed by atoms with Crippen molar-refractivity contribution in [2.75, 3.05) is 5.75 Å². The number of carbonyl (C=O) groups excluding carboxylic acids is 1. The second-order valence-electron chi connectivity index (χ2n) is 5.21. The molecule has 0 fully saturated rings. The maximum Gasteiger partial charge on any atom is 0.238 e. The molecule has 0 spiro atoms. The second kappa shape index (κ2) is 5.74. The summed E-state index contributed by atoms with van der Waals surface area (Å²) in [6.07, 6.45) is 0. The molecule has 6 heteroatoms. The van der Waals surface area contributed by atoms with Crippen molar-refractivity contribution in [2.45, 2.75) is 18.0 Å². The third-order valence-electron chi connectivity index (χ3n) is 3.68. The largest absolute Gasteiger partial charge is 0.333 e. The van der Waals surface area contributed by atoms with Gasteiger partial charge in [0.1, 0.15) is 5.75 Å². The number of sulfone groups is 1. The Kier molecular flexibility index (Phi) is 3.93. The van der Waals surface area contributed by atoms with E-state index < -0.39 is 21.5 Å². The van der Waals surface area contributed by atoms with Crippen molar-refractivity contribution in [1.82, 2.24) is 4.90 Å². The van der Waals surface area contributed by atoms with E-state index >= 15 is 0 Å². The van der Waals surface area contributed by atoms with Gasteiger partial charge in [0.25, 0.3) is 0 Å². The van der Waals surface area contributed by atoms with Crippen LogP contribution in [0.2, 0.25) is 5.02 Å². The van der Waals surface area contributed by atoms with Crippen molar-refractivity contribution in [3.8, 4) is 0 Å². The van der Waals surface area contributed by atoms with Gasteiger partial charge in [-0.25, -0.2) is 8.42 Å². The average molecular weight is 336 g/mol. The van der Waals surface area contributed by atoms with Crippen molar-refractivity contribution >= 4 is 27.3 Å². The number of benzene rings is 2. The number of fused-ring (bicyclic) bond motifs is 1. The van der Waals surface area contributed by atoms with E-state index in [0.717, 1.165) is 11.1 Å². The van der Waals surface area contributed by atoms with Gasteiger partial charge in [0, 0.05) is 13.1 Å². The fourth-order valence-electron chi connectivity index (χ4n) is 2.54. The molecule has 0 radical (unpaired) electrons. The van der Waals surface area contributed by atoms with Crippen LogP contribution in [0.5, 0.6) is 0 Å². The number of rotatable bonds is 3. The van der Waals surface area contributed by atoms with Gasteiger partial charge in [-0.3, -0.25) is 4.79 Å². The molecule has 1 aliphatic heterocycles. The zero-order valence-corrected chi connectivity index (χ0v) is 13.3. The Labute approximate surface area is 134 Å². The van der Waals surface area contributed by atoms with Crippen LogP contribution in [0.3, 0.4) is 0 Å². The molecule has 0 saturated carbocycles. The summed E-state index contributed by atoms with van der Waals surface area (Å²) in [5, 5.41) is 0.139. The minimum Gasteiger partial charge on any atom is -0.333 e. The molecular weight excluding hydrogens is 322 g/mol. The third-order valence-corrected chi connectivity index (χ3v) is 5.77. The zero-order chi connectivity index (χ0) is 15.7. The average Bonchev–Trinajstić information content (AvgIpc) is 2.91. The van der Waals surface area contributed by atoms with Gasteiger partial charge in [-0.15, -0.1) is 0 Å². The van der Waals surface area contributed by atoms with Crippen molar-refractivity contribution < 1.29 is 13.2 Å². The molecule has 4 nitrogen and oxygen atoms in total. The predicted molar refractivity (Wildman–Crippen MR) is 84.2 cm³/mol. The SMILES string of the molecule is O=C(CS(=O)(=O)c1ccccc1Cl)N1Cc2ccccc2C1. The third kappa shape index (κ3) is 2.87. The molecule has 1 aliphatic rings. The lowest BCUT2D eigenvalue weighted by Gasteiger charge is -2.15. The van der Waals surface area contributed by atoms with Gasteiger partial charge in [0.2, 0.25) is 5.91 Å². The molecule has 0 saturated heterocycles. The molecule has 1 heterocycles. The van der Waals surface area contributed by atoms with Gasteiger partial charge in [-0.1, -0.05) is 48.0 Å². The van der Waals surface area contributed by atoms with Crippen molar-refractivity contribution in [1.29, 1.82) is 0 Å². The molecule has 0 aliphatic carbocycles. The van der Waals surface area contributed by atoms with Crippen LogP contribution >= 0.6 is 11.6 Å². The minimum atomic E-state index is -3.74. The first-order chi connectivity index (χ1) is 10.5. The van der Waals surface area contributed by atoms with Crippen LogP contribution in [0.4, 0.5) is 0 Å². The summed E-state index contributed by atoms with van der Waals surface area (Å²) >= 11 is 5.92. The van der Waals surface area contributed by atoms with Crippen LogP contribution in [-0.4, -0.2) is 25.0 Å². The first-order valence-electron chi connectivity index (χ1n) is 6.79. The first kappa shape index (κ1) is 15.1. The van der Waals surface area contributed by atoms with Crippen molar-refractivity contribution in [3.63, 3.8) is 0 Å². The van der Waals surface area contributed by atoms with E-state index in [1.54, 1.807) is 17.0 Å². The van der Waals surface area contributed by atoms with Crippen molar-refractivity contribution in [3.05, 3.63) is 64.7 Å². The van der Waals surface area contributed by atoms with E-state index in [1.165, 1.54) is 12.1 Å². The summed E-state index contributed by atoms with van der Waals surface area (Å²) in [6.45, 7) is 0.903. The summed E-state index contributed by atoms with van der Waals surface area (Å²) in [5.41, 5.74) is 2.12. The number of carbonyl (C=O) groups is 1. The molecule has 2 aromatic carbocycles. The molecule has 0 bridgehead atoms. The summed E-state index contributed by atoms with van der Waals surface area (Å²) in [4.78, 5) is 13.9. The molecule has 0 N–H and O–H groups in total. The Morgan fingerprint density at radius 3 is 2.14 bits per heavy atom. The van der Waals surface area contributed by atoms with Gasteiger partial charge in [0.05, 0.1) is 9.92 Å². The highest BCUT2D eigenvalue weighted by Gasteiger charge is 2.28. The second-order valence-corrected chi connectivity index (χ2v) is 7.57. The Bertz CT molecular complexity index is 808. The van der Waals surface area contributed by atoms with Gasteiger partial charge in [-0.2, -0.15) is 0 Å². The van der Waals surface area contributed by atoms with Crippen LogP contribution in [0, 0.1) is 0 Å². The number of hydrogen-bond acceptors (Lipinski definition) is 3. The molecule has 0 aromatic heterocycles. The zero-order valence-electron chi connectivity index (χ0n) is 11.7. The molecule has 0 unspecified atom stereocenters. The monoisotopic (exact) mass is 335 g/mol. The predicted octanol–water partition coefficient (Wildman–Crippen LogP) is 2.66. The standard InChI is InChI=1S/C16H14ClNO3S/c17-14-7-3-4-8-15(14)22(20,21)11-16(19)18-9-12-5-1-2-6-13(12)10-18/h1-8H,9-11H2. The van der Waals surface area contributed by atoms with E-state index in [0.29, 0.717) is 13.1 Å². The summed E-state index contributed by atoms with van der Waals surface area (Å²) in [6, 6.07) is 13.9. The van der Waals surface area contributed by atoms with Gasteiger partial charge < -0.3 is 4.90 Å². The molecule has 0 atom stereocenters. The number of halogens is 1. The van der Waals surface area contributed by atoms with Gasteiger partial charge >= 0.3 is 0 Å². The molecular formula is C16H14ClNO3S. The summed E-state index contributed by atoms with van der Waals surface area (Å²) in [7, 11) is -3.74. The highest BCUT2D eigenvalue weighted by Crippen LogP contribution is 2.25. The fourth-order valence-corrected chi connectivity index (χ4v) is 4.34. The van der Waals surface area contributed by atoms with Crippen LogP contribution in [0.1, 0.15) is 11.1 Å². The number of hydrogen-bond donors (Lipinski definition) is 0. The van der Waals surface area contributed by atoms with E-state index in [-0.39, 0.29) is 9.92 Å². The maximum atomic E-state index is 12.4. The lowest BCUT2D eigenvalue weighted by molar-refractivity contribution is -0.129. The van der Waals surface area contributed by atoms with Crippen LogP contribution in [0.15, 0.2) is 53.4 Å². The van der Waals surface area contributed by atoms with Crippen LogP contribution in [0.25, 0.3) is 0 Å². The smallest absolute Gasteiger partial charge is 0.238 e. The first-order valence-corrected chi connectivity index (χ1v) is 8.82. The molecule has 2 aromatic rings. The van der Waals surface area contributed by atoms with Crippen molar-refractivity contribution in [2.24, 2.45) is 0 Å². The van der Waals surface area contributed by atoms with E-state index in [1.807, 2.05) is 24.3 Å². The van der Waals surface area contributed by atoms with E-state index in [9.17, 15) is 13.2 Å². The lowest BCUT2D eigenvalue weighted by Crippen LogP contribution is -2.31. The highest BCUT2D eigenvalue weighted by atomic mass is 35.5. The number of amides is 1. The Morgan fingerprint density at radius 1 is 1.00 bits per heavy atom. The highest BCUT2D eigenvalue weighted by molar-refractivity contribution is 7.92. The molecule has 3 rings (SSSR count). The van der Waals surface area contributed by atoms with Crippen LogP contribution < -0.4 is 0 Å². The summed E-state index contributed by atoms with van der Waals surface area (Å²) < 4.78 is 24.7. The molecule has 1 amide bonds. The molecule has 114 valence electrons. The van der Waals surface area contributed by atoms with E-state index in [4.69, 9.17) is 11.6 Å². The minimum absolute atomic E-state index is 0.00160. The van der Waals surface area contributed by atoms with Crippen LogP contribution in [-0.2, 0) is 27.7 Å². The van der Waals surface area contributed by atoms with Gasteiger partial charge in [-0.05, 0) is 23.3 Å². The Morgan fingerprint density at radius 2 is 1.55 bits per heavy atom. The lowest BCUT2D eigenvalue weighted by atomic mass is 10.1. The van der Waals surface area contributed by atoms with E-state index in [2.05, 4.69) is 0 Å². The summed E-state index contributed by atoms with van der Waals surface area (Å²) in [5.74, 6) is -0.971. The van der Waals surface area contributed by atoms with Gasteiger partial charge in [0.15, 0.2) is 9.84 Å². The molecule has 22 heavy (non-hydrogen) atoms. The quantitative estimate of drug-likeness (QED) is 0.866. The maximum absolute atomic E-state index is 12.4. The Hall–Kier alpha value is -1.85. The normalized spacial score (nSPS) is 14.0. The Balaban J connectivity index is 1.77. The topological polar surface area (TPSA) is 54.5 Å².